The summed E-state index contributed by atoms with van der Waals surface area (Å²) in [5.74, 6) is 0.233. The van der Waals surface area contributed by atoms with Crippen molar-refractivity contribution >= 4 is 10.9 Å². The number of hydrogen-bond donors (Lipinski definition) is 1. The van der Waals surface area contributed by atoms with Gasteiger partial charge in [-0.3, -0.25) is 4.90 Å². The van der Waals surface area contributed by atoms with Crippen LogP contribution in [0, 0.1) is 5.92 Å². The van der Waals surface area contributed by atoms with Crippen molar-refractivity contribution in [1.29, 1.82) is 0 Å². The Labute approximate surface area is 137 Å². The first kappa shape index (κ1) is 15.2. The van der Waals surface area contributed by atoms with E-state index < -0.39 is 0 Å². The van der Waals surface area contributed by atoms with Crippen molar-refractivity contribution < 1.29 is 9.84 Å². The largest absolute Gasteiger partial charge is 0.393 e. The van der Waals surface area contributed by atoms with Gasteiger partial charge in [0.2, 0.25) is 0 Å². The number of nitrogens with zero attached hydrogens (tertiary/aromatic N) is 2. The van der Waals surface area contributed by atoms with Crippen LogP contribution in [0.1, 0.15) is 24.5 Å². The fourth-order valence-electron chi connectivity index (χ4n) is 4.96. The fraction of sp³-hybridized carbons (Fsp3) is 0.579. The maximum absolute atomic E-state index is 10.2. The van der Waals surface area contributed by atoms with Crippen molar-refractivity contribution in [2.75, 3.05) is 20.7 Å². The van der Waals surface area contributed by atoms with Gasteiger partial charge in [0, 0.05) is 49.8 Å². The normalized spacial score (nSPS) is 32.0. The third kappa shape index (κ3) is 1.95. The van der Waals surface area contributed by atoms with Crippen LogP contribution in [0.2, 0.25) is 0 Å². The summed E-state index contributed by atoms with van der Waals surface area (Å²) in [6, 6.07) is 6.86. The molecule has 0 radical (unpaired) electrons. The zero-order valence-electron chi connectivity index (χ0n) is 14.4. The Balaban J connectivity index is 1.96. The summed E-state index contributed by atoms with van der Waals surface area (Å²) in [5.41, 5.74) is 3.65. The molecule has 124 valence electrons. The van der Waals surface area contributed by atoms with Crippen molar-refractivity contribution in [3.63, 3.8) is 0 Å². The first-order valence-electron chi connectivity index (χ1n) is 8.49. The Morgan fingerprint density at radius 2 is 2.13 bits per heavy atom. The van der Waals surface area contributed by atoms with Crippen LogP contribution in [0.3, 0.4) is 0 Å². The molecule has 0 saturated carbocycles. The van der Waals surface area contributed by atoms with E-state index in [2.05, 4.69) is 48.0 Å². The van der Waals surface area contributed by atoms with E-state index in [1.807, 2.05) is 14.0 Å². The van der Waals surface area contributed by atoms with E-state index in [0.29, 0.717) is 6.04 Å². The second-order valence-electron chi connectivity index (χ2n) is 7.42. The number of methoxy groups -OCH3 is 1. The van der Waals surface area contributed by atoms with Gasteiger partial charge in [0.05, 0.1) is 6.10 Å². The number of benzene rings is 1. The van der Waals surface area contributed by atoms with Gasteiger partial charge in [-0.25, -0.2) is 0 Å². The van der Waals surface area contributed by atoms with E-state index in [0.717, 1.165) is 19.4 Å². The van der Waals surface area contributed by atoms with Gasteiger partial charge < -0.3 is 14.4 Å². The van der Waals surface area contributed by atoms with Crippen LogP contribution < -0.4 is 0 Å². The Hall–Kier alpha value is -1.36. The van der Waals surface area contributed by atoms with Crippen LogP contribution in [0.25, 0.3) is 10.9 Å². The molecule has 4 heteroatoms. The molecule has 1 aromatic carbocycles. The van der Waals surface area contributed by atoms with E-state index in [9.17, 15) is 5.11 Å². The van der Waals surface area contributed by atoms with Crippen LogP contribution in [-0.2, 0) is 23.8 Å². The standard InChI is InChI=1S/C19H26N2O2/c1-12(22)14-9-19(23-4)15-6-5-7-16-18(15)13(10-20(16)2)8-17(19)21(3)11-14/h5-7,10,12,14,17,22H,8-9,11H2,1-4H3/t12?,14?,17-,19+/m1/s1. The maximum atomic E-state index is 10.2. The van der Waals surface area contributed by atoms with Crippen LogP contribution in [-0.4, -0.2) is 47.4 Å². The summed E-state index contributed by atoms with van der Waals surface area (Å²) >= 11 is 0. The Morgan fingerprint density at radius 1 is 1.35 bits per heavy atom. The minimum Gasteiger partial charge on any atom is -0.393 e. The van der Waals surface area contributed by atoms with Crippen LogP contribution >= 0.6 is 0 Å². The molecule has 1 N–H and O–H groups in total. The minimum absolute atomic E-state index is 0.233. The molecule has 2 aromatic rings. The molecule has 4 rings (SSSR count). The number of likely N-dealkylation sites (tertiary alicyclic amines) is 1. The topological polar surface area (TPSA) is 37.6 Å². The zero-order chi connectivity index (χ0) is 16.4. The molecule has 4 nitrogen and oxygen atoms in total. The molecular formula is C19H26N2O2. The van der Waals surface area contributed by atoms with Gasteiger partial charge in [0.1, 0.15) is 5.60 Å². The fourth-order valence-corrected chi connectivity index (χ4v) is 4.96. The first-order valence-corrected chi connectivity index (χ1v) is 8.49. The lowest BCUT2D eigenvalue weighted by atomic mass is 9.68. The number of aromatic nitrogens is 1. The summed E-state index contributed by atoms with van der Waals surface area (Å²) in [6.07, 6.45) is 3.83. The second kappa shape index (κ2) is 5.07. The van der Waals surface area contributed by atoms with Crippen molar-refractivity contribution in [1.82, 2.24) is 9.47 Å². The van der Waals surface area contributed by atoms with Crippen LogP contribution in [0.15, 0.2) is 24.4 Å². The molecule has 23 heavy (non-hydrogen) atoms. The van der Waals surface area contributed by atoms with Crippen molar-refractivity contribution in [3.05, 3.63) is 35.5 Å². The first-order chi connectivity index (χ1) is 11.0. The maximum Gasteiger partial charge on any atom is 0.110 e. The van der Waals surface area contributed by atoms with Gasteiger partial charge >= 0.3 is 0 Å². The SMILES string of the molecule is CO[C@]12CC(C(C)O)CN(C)[C@@H]1Cc1cn(C)c3cccc2c13. The summed E-state index contributed by atoms with van der Waals surface area (Å²) in [5, 5.41) is 11.6. The van der Waals surface area contributed by atoms with Gasteiger partial charge in [-0.1, -0.05) is 12.1 Å². The molecule has 0 bridgehead atoms. The molecule has 2 heterocycles. The molecule has 0 spiro atoms. The van der Waals surface area contributed by atoms with Gasteiger partial charge in [-0.05, 0) is 44.0 Å². The van der Waals surface area contributed by atoms with Gasteiger partial charge in [-0.2, -0.15) is 0 Å². The minimum atomic E-state index is -0.331. The van der Waals surface area contributed by atoms with E-state index in [-0.39, 0.29) is 17.6 Å². The molecule has 1 aliphatic carbocycles. The zero-order valence-corrected chi connectivity index (χ0v) is 14.4. The summed E-state index contributed by atoms with van der Waals surface area (Å²) in [6.45, 7) is 2.82. The Bertz CT molecular complexity index is 751. The number of fused-ring (bicyclic) bond motifs is 2. The number of aliphatic hydroxyl groups excluding tert-OH is 1. The average molecular weight is 314 g/mol. The Kier molecular flexibility index (Phi) is 3.34. The highest BCUT2D eigenvalue weighted by Crippen LogP contribution is 2.50. The molecular weight excluding hydrogens is 288 g/mol. The number of likely N-dealkylation sites (N-methyl/N-ethyl adjacent to an activating group) is 1. The van der Waals surface area contributed by atoms with Crippen LogP contribution in [0.5, 0.6) is 0 Å². The summed E-state index contributed by atoms with van der Waals surface area (Å²) < 4.78 is 8.45. The number of aliphatic hydroxyl groups is 1. The number of piperidine rings is 1. The quantitative estimate of drug-likeness (QED) is 0.924. The van der Waals surface area contributed by atoms with Gasteiger partial charge in [-0.15, -0.1) is 0 Å². The highest BCUT2D eigenvalue weighted by atomic mass is 16.5. The van der Waals surface area contributed by atoms with Gasteiger partial charge in [0.25, 0.3) is 0 Å². The average Bonchev–Trinajstić information content (AvgIpc) is 2.86. The van der Waals surface area contributed by atoms with E-state index in [1.165, 1.54) is 22.0 Å². The number of hydrogen-bond acceptors (Lipinski definition) is 3. The number of rotatable bonds is 2. The van der Waals surface area contributed by atoms with Crippen molar-refractivity contribution in [2.45, 2.75) is 37.5 Å². The van der Waals surface area contributed by atoms with Crippen LogP contribution in [0.4, 0.5) is 0 Å². The van der Waals surface area contributed by atoms with Crippen molar-refractivity contribution in [3.8, 4) is 0 Å². The smallest absolute Gasteiger partial charge is 0.110 e. The number of ether oxygens (including phenoxy) is 1. The van der Waals surface area contributed by atoms with E-state index >= 15 is 0 Å². The lowest BCUT2D eigenvalue weighted by Crippen LogP contribution is -2.60. The molecule has 2 unspecified atom stereocenters. The third-order valence-electron chi connectivity index (χ3n) is 6.17. The Morgan fingerprint density at radius 3 is 2.83 bits per heavy atom. The highest BCUT2D eigenvalue weighted by molar-refractivity contribution is 5.89. The summed E-state index contributed by atoms with van der Waals surface area (Å²) in [4.78, 5) is 2.39. The predicted molar refractivity (Wildman–Crippen MR) is 91.5 cm³/mol. The second-order valence-corrected chi connectivity index (χ2v) is 7.42. The molecule has 2 aliphatic rings. The van der Waals surface area contributed by atoms with E-state index in [4.69, 9.17) is 4.74 Å². The van der Waals surface area contributed by atoms with Crippen molar-refractivity contribution in [2.24, 2.45) is 13.0 Å². The molecule has 4 atom stereocenters. The lowest BCUT2D eigenvalue weighted by Gasteiger charge is -2.53. The monoisotopic (exact) mass is 314 g/mol. The highest BCUT2D eigenvalue weighted by Gasteiger charge is 2.52. The van der Waals surface area contributed by atoms with Gasteiger partial charge in [0.15, 0.2) is 0 Å². The number of aryl methyl sites for hydroxylation is 1. The lowest BCUT2D eigenvalue weighted by molar-refractivity contribution is -0.138. The van der Waals surface area contributed by atoms with E-state index in [1.54, 1.807) is 0 Å². The third-order valence-corrected chi connectivity index (χ3v) is 6.17. The molecule has 0 amide bonds. The molecule has 1 fully saturated rings. The molecule has 1 aromatic heterocycles. The molecule has 1 aliphatic heterocycles. The predicted octanol–water partition coefficient (Wildman–Crippen LogP) is 2.28. The summed E-state index contributed by atoms with van der Waals surface area (Å²) in [7, 11) is 6.12. The molecule has 1 saturated heterocycles.